The van der Waals surface area contributed by atoms with E-state index in [-0.39, 0.29) is 22.8 Å². The zero-order valence-corrected chi connectivity index (χ0v) is 11.7. The molecule has 2 unspecified atom stereocenters. The highest BCUT2D eigenvalue weighted by atomic mass is 35.5. The van der Waals surface area contributed by atoms with Gasteiger partial charge in [-0.1, -0.05) is 24.4 Å². The summed E-state index contributed by atoms with van der Waals surface area (Å²) in [6, 6.07) is 3.18. The largest absolute Gasteiger partial charge is 0.393 e. The molecule has 2 rings (SSSR count). The third-order valence-corrected chi connectivity index (χ3v) is 4.00. The van der Waals surface area contributed by atoms with Gasteiger partial charge >= 0.3 is 6.18 Å². The number of rotatable bonds is 3. The summed E-state index contributed by atoms with van der Waals surface area (Å²) in [5.41, 5.74) is -0.0340. The molecule has 1 aliphatic carbocycles. The first-order valence-electron chi connectivity index (χ1n) is 6.56. The van der Waals surface area contributed by atoms with Crippen molar-refractivity contribution in [3.05, 3.63) is 33.3 Å². The van der Waals surface area contributed by atoms with Gasteiger partial charge in [-0.15, -0.1) is 0 Å². The fraction of sp³-hybridized carbons (Fsp3) is 0.538. The first-order chi connectivity index (χ1) is 9.79. The molecule has 0 spiro atoms. The van der Waals surface area contributed by atoms with Crippen LogP contribution in [0.4, 0.5) is 24.5 Å². The van der Waals surface area contributed by atoms with E-state index < -0.39 is 23.1 Å². The molecule has 1 aromatic rings. The van der Waals surface area contributed by atoms with E-state index in [9.17, 15) is 23.3 Å². The Hall–Kier alpha value is -1.50. The molecular weight excluding hydrogens is 309 g/mol. The molecule has 2 atom stereocenters. The molecule has 1 fully saturated rings. The number of nitro groups is 1. The third kappa shape index (κ3) is 3.78. The summed E-state index contributed by atoms with van der Waals surface area (Å²) in [6.07, 6.45) is -2.54. The molecule has 0 aromatic heterocycles. The van der Waals surface area contributed by atoms with Crippen molar-refractivity contribution in [1.29, 1.82) is 0 Å². The van der Waals surface area contributed by atoms with Crippen molar-refractivity contribution in [2.24, 2.45) is 5.92 Å². The molecule has 0 aliphatic heterocycles. The Morgan fingerprint density at radius 2 is 1.95 bits per heavy atom. The minimum absolute atomic E-state index is 0.0402. The standard InChI is InChI=1S/C13H14ClF3N2O2/c14-10-6-5-8(7-12(10)19(20)21)18-11-4-2-1-3-9(11)13(15,16)17/h5-7,9,11,18H,1-4H2. The van der Waals surface area contributed by atoms with E-state index in [1.54, 1.807) is 0 Å². The Labute approximate surface area is 124 Å². The lowest BCUT2D eigenvalue weighted by Gasteiger charge is -2.34. The van der Waals surface area contributed by atoms with Crippen LogP contribution in [0.3, 0.4) is 0 Å². The first-order valence-corrected chi connectivity index (χ1v) is 6.94. The van der Waals surface area contributed by atoms with Crippen molar-refractivity contribution < 1.29 is 18.1 Å². The van der Waals surface area contributed by atoms with Crippen LogP contribution in [0.5, 0.6) is 0 Å². The minimum Gasteiger partial charge on any atom is -0.381 e. The van der Waals surface area contributed by atoms with Gasteiger partial charge in [-0.25, -0.2) is 0 Å². The lowest BCUT2D eigenvalue weighted by atomic mass is 9.84. The molecule has 1 N–H and O–H groups in total. The van der Waals surface area contributed by atoms with E-state index in [4.69, 9.17) is 11.6 Å². The summed E-state index contributed by atoms with van der Waals surface area (Å²) in [5, 5.41) is 13.5. The molecule has 8 heteroatoms. The summed E-state index contributed by atoms with van der Waals surface area (Å²) in [5.74, 6) is -1.43. The van der Waals surface area contributed by atoms with Crippen molar-refractivity contribution in [3.63, 3.8) is 0 Å². The third-order valence-electron chi connectivity index (χ3n) is 3.68. The number of benzene rings is 1. The Morgan fingerprint density at radius 3 is 2.57 bits per heavy atom. The maximum Gasteiger partial charge on any atom is 0.393 e. The van der Waals surface area contributed by atoms with Crippen LogP contribution in [0.25, 0.3) is 0 Å². The lowest BCUT2D eigenvalue weighted by Crippen LogP contribution is -2.41. The molecule has 0 heterocycles. The number of anilines is 1. The van der Waals surface area contributed by atoms with E-state index in [0.29, 0.717) is 19.3 Å². The highest BCUT2D eigenvalue weighted by Crippen LogP contribution is 2.39. The van der Waals surface area contributed by atoms with Crippen LogP contribution < -0.4 is 5.32 Å². The molecule has 116 valence electrons. The van der Waals surface area contributed by atoms with Crippen LogP contribution in [0.2, 0.25) is 5.02 Å². The fourth-order valence-electron chi connectivity index (χ4n) is 2.65. The summed E-state index contributed by atoms with van der Waals surface area (Å²) in [6.45, 7) is 0. The van der Waals surface area contributed by atoms with E-state index in [1.165, 1.54) is 18.2 Å². The summed E-state index contributed by atoms with van der Waals surface area (Å²) in [7, 11) is 0. The first kappa shape index (κ1) is 15.9. The smallest absolute Gasteiger partial charge is 0.381 e. The number of nitro benzene ring substituents is 1. The Balaban J connectivity index is 2.20. The SMILES string of the molecule is O=[N+]([O-])c1cc(NC2CCCCC2C(F)(F)F)ccc1Cl. The number of hydrogen-bond acceptors (Lipinski definition) is 3. The van der Waals surface area contributed by atoms with Crippen molar-refractivity contribution in [1.82, 2.24) is 0 Å². The van der Waals surface area contributed by atoms with E-state index in [2.05, 4.69) is 5.32 Å². The fourth-order valence-corrected chi connectivity index (χ4v) is 2.84. The average molecular weight is 323 g/mol. The van der Waals surface area contributed by atoms with Gasteiger partial charge in [0.1, 0.15) is 5.02 Å². The predicted octanol–water partition coefficient (Wildman–Crippen LogP) is 4.78. The van der Waals surface area contributed by atoms with Crippen molar-refractivity contribution >= 4 is 23.0 Å². The van der Waals surface area contributed by atoms with Gasteiger partial charge in [0, 0.05) is 17.8 Å². The molecular formula is C13H14ClF3N2O2. The maximum absolute atomic E-state index is 13.0. The topological polar surface area (TPSA) is 55.2 Å². The molecule has 0 radical (unpaired) electrons. The number of nitrogens with one attached hydrogen (secondary N) is 1. The van der Waals surface area contributed by atoms with Crippen LogP contribution in [-0.2, 0) is 0 Å². The predicted molar refractivity (Wildman–Crippen MR) is 73.5 cm³/mol. The van der Waals surface area contributed by atoms with Crippen LogP contribution in [0.15, 0.2) is 18.2 Å². The normalized spacial score (nSPS) is 22.9. The van der Waals surface area contributed by atoms with Crippen molar-refractivity contribution in [2.45, 2.75) is 37.9 Å². The Kier molecular flexibility index (Phi) is 4.61. The molecule has 0 bridgehead atoms. The molecule has 1 aromatic carbocycles. The highest BCUT2D eigenvalue weighted by Gasteiger charge is 2.45. The van der Waals surface area contributed by atoms with Gasteiger partial charge in [-0.2, -0.15) is 13.2 Å². The second-order valence-corrected chi connectivity index (χ2v) is 5.51. The minimum atomic E-state index is -4.27. The Morgan fingerprint density at radius 1 is 1.29 bits per heavy atom. The average Bonchev–Trinajstić information content (AvgIpc) is 2.40. The van der Waals surface area contributed by atoms with E-state index >= 15 is 0 Å². The number of nitrogens with zero attached hydrogens (tertiary/aromatic N) is 1. The van der Waals surface area contributed by atoms with Gasteiger partial charge in [-0.05, 0) is 25.0 Å². The number of alkyl halides is 3. The second kappa shape index (κ2) is 6.09. The number of hydrogen-bond donors (Lipinski definition) is 1. The van der Waals surface area contributed by atoms with Crippen LogP contribution >= 0.6 is 11.6 Å². The van der Waals surface area contributed by atoms with E-state index in [1.807, 2.05) is 0 Å². The molecule has 21 heavy (non-hydrogen) atoms. The zero-order chi connectivity index (χ0) is 15.6. The second-order valence-electron chi connectivity index (χ2n) is 5.11. The summed E-state index contributed by atoms with van der Waals surface area (Å²) in [4.78, 5) is 10.1. The van der Waals surface area contributed by atoms with Crippen molar-refractivity contribution in [3.8, 4) is 0 Å². The molecule has 1 aliphatic rings. The number of halogens is 4. The van der Waals surface area contributed by atoms with Gasteiger partial charge in [0.2, 0.25) is 0 Å². The lowest BCUT2D eigenvalue weighted by molar-refractivity contribution is -0.384. The van der Waals surface area contributed by atoms with Gasteiger partial charge < -0.3 is 5.32 Å². The van der Waals surface area contributed by atoms with Gasteiger partial charge in [0.25, 0.3) is 5.69 Å². The van der Waals surface area contributed by atoms with E-state index in [0.717, 1.165) is 0 Å². The maximum atomic E-state index is 13.0. The molecule has 4 nitrogen and oxygen atoms in total. The molecule has 0 amide bonds. The van der Waals surface area contributed by atoms with Crippen LogP contribution in [-0.4, -0.2) is 17.1 Å². The van der Waals surface area contributed by atoms with Crippen LogP contribution in [0.1, 0.15) is 25.7 Å². The molecule has 0 saturated heterocycles. The summed E-state index contributed by atoms with van der Waals surface area (Å²) >= 11 is 5.69. The van der Waals surface area contributed by atoms with Gasteiger partial charge in [0.05, 0.1) is 10.8 Å². The summed E-state index contributed by atoms with van der Waals surface area (Å²) < 4.78 is 39.0. The van der Waals surface area contributed by atoms with Crippen LogP contribution in [0, 0.1) is 16.0 Å². The zero-order valence-electron chi connectivity index (χ0n) is 11.0. The molecule has 1 saturated carbocycles. The van der Waals surface area contributed by atoms with Gasteiger partial charge in [0.15, 0.2) is 0 Å². The van der Waals surface area contributed by atoms with Gasteiger partial charge in [-0.3, -0.25) is 10.1 Å². The van der Waals surface area contributed by atoms with Crippen molar-refractivity contribution in [2.75, 3.05) is 5.32 Å². The quantitative estimate of drug-likeness (QED) is 0.643. The monoisotopic (exact) mass is 322 g/mol. The Bertz CT molecular complexity index is 537. The highest BCUT2D eigenvalue weighted by molar-refractivity contribution is 6.32.